The van der Waals surface area contributed by atoms with Crippen LogP contribution in [0.5, 0.6) is 0 Å². The molecule has 3 aromatic heterocycles. The Hall–Kier alpha value is -7.63. The number of benzene rings is 8. The molecule has 0 N–H and O–H groups in total. The lowest BCUT2D eigenvalue weighted by atomic mass is 9.94. The van der Waals surface area contributed by atoms with Crippen LogP contribution < -0.4 is 0 Å². The van der Waals surface area contributed by atoms with E-state index in [4.69, 9.17) is 15.0 Å². The van der Waals surface area contributed by atoms with Crippen molar-refractivity contribution >= 4 is 43.6 Å². The van der Waals surface area contributed by atoms with E-state index >= 15 is 0 Å². The fraction of sp³-hybridized carbons (Fsp3) is 0. The molecule has 0 aliphatic heterocycles. The number of rotatable bonds is 6. The van der Waals surface area contributed by atoms with Crippen LogP contribution in [-0.4, -0.2) is 24.1 Å². The predicted octanol–water partition coefficient (Wildman–Crippen LogP) is 12.7. The van der Waals surface area contributed by atoms with Crippen LogP contribution in [-0.2, 0) is 0 Å². The number of hydrogen-bond acceptors (Lipinski definition) is 3. The molecule has 0 atom stereocenters. The molecule has 56 heavy (non-hydrogen) atoms. The van der Waals surface area contributed by atoms with E-state index in [0.29, 0.717) is 17.6 Å². The number of hydrogen-bond donors (Lipinski definition) is 0. The van der Waals surface area contributed by atoms with Gasteiger partial charge < -0.3 is 4.57 Å². The second-order valence-corrected chi connectivity index (χ2v) is 14.0. The van der Waals surface area contributed by atoms with Gasteiger partial charge in [0, 0.05) is 38.4 Å². The summed E-state index contributed by atoms with van der Waals surface area (Å²) in [6.45, 7) is 0. The minimum absolute atomic E-state index is 0.563. The summed E-state index contributed by atoms with van der Waals surface area (Å²) >= 11 is 0. The molecule has 0 fully saturated rings. The van der Waals surface area contributed by atoms with Crippen molar-refractivity contribution in [3.05, 3.63) is 200 Å². The Kier molecular flexibility index (Phi) is 7.42. The van der Waals surface area contributed by atoms with Gasteiger partial charge in [-0.25, -0.2) is 4.98 Å². The molecule has 0 aliphatic rings. The largest absolute Gasteiger partial charge is 0.307 e. The van der Waals surface area contributed by atoms with Gasteiger partial charge in [-0.05, 0) is 52.6 Å². The van der Waals surface area contributed by atoms with Gasteiger partial charge in [-0.3, -0.25) is 4.57 Å². The fourth-order valence-corrected chi connectivity index (χ4v) is 8.29. The third-order valence-corrected chi connectivity index (χ3v) is 10.8. The lowest BCUT2D eigenvalue weighted by Gasteiger charge is -2.14. The third-order valence-electron chi connectivity index (χ3n) is 10.8. The van der Waals surface area contributed by atoms with Gasteiger partial charge >= 0.3 is 0 Å². The lowest BCUT2D eigenvalue weighted by molar-refractivity contribution is 0.953. The summed E-state index contributed by atoms with van der Waals surface area (Å²) in [7, 11) is 0. The van der Waals surface area contributed by atoms with Gasteiger partial charge in [0.25, 0.3) is 0 Å². The van der Waals surface area contributed by atoms with E-state index in [2.05, 4.69) is 191 Å². The van der Waals surface area contributed by atoms with Crippen LogP contribution in [0.1, 0.15) is 0 Å². The third kappa shape index (κ3) is 5.13. The van der Waals surface area contributed by atoms with E-state index in [1.807, 2.05) is 18.2 Å². The highest BCUT2D eigenvalue weighted by molar-refractivity contribution is 6.23. The van der Waals surface area contributed by atoms with Crippen LogP contribution >= 0.6 is 0 Å². The molecule has 8 aromatic carbocycles. The van der Waals surface area contributed by atoms with Crippen molar-refractivity contribution in [2.75, 3.05) is 0 Å². The summed E-state index contributed by atoms with van der Waals surface area (Å²) < 4.78 is 4.63. The van der Waals surface area contributed by atoms with E-state index in [1.165, 1.54) is 21.9 Å². The van der Waals surface area contributed by atoms with Gasteiger partial charge in [-0.1, -0.05) is 170 Å². The summed E-state index contributed by atoms with van der Waals surface area (Å²) in [5.74, 6) is 1.78. The number of aromatic nitrogens is 5. The smallest absolute Gasteiger partial charge is 0.238 e. The molecule has 0 saturated carbocycles. The van der Waals surface area contributed by atoms with Crippen molar-refractivity contribution in [2.24, 2.45) is 0 Å². The quantitative estimate of drug-likeness (QED) is 0.172. The second-order valence-electron chi connectivity index (χ2n) is 14.0. The number of nitrogens with zero attached hydrogens (tertiary/aromatic N) is 5. The van der Waals surface area contributed by atoms with Crippen LogP contribution in [0.15, 0.2) is 200 Å². The van der Waals surface area contributed by atoms with E-state index in [-0.39, 0.29) is 0 Å². The van der Waals surface area contributed by atoms with Gasteiger partial charge in [0.15, 0.2) is 11.6 Å². The van der Waals surface area contributed by atoms with Crippen LogP contribution in [0, 0.1) is 0 Å². The first kappa shape index (κ1) is 31.9. The minimum Gasteiger partial charge on any atom is -0.307 e. The van der Waals surface area contributed by atoms with Gasteiger partial charge in [0.1, 0.15) is 0 Å². The highest BCUT2D eigenvalue weighted by Crippen LogP contribution is 2.42. The average molecular weight is 716 g/mol. The minimum atomic E-state index is 0.563. The normalized spacial score (nSPS) is 11.6. The Balaban J connectivity index is 1.21. The predicted molar refractivity (Wildman–Crippen MR) is 230 cm³/mol. The zero-order valence-electron chi connectivity index (χ0n) is 30.3. The maximum Gasteiger partial charge on any atom is 0.238 e. The molecule has 262 valence electrons. The van der Waals surface area contributed by atoms with Crippen molar-refractivity contribution < 1.29 is 0 Å². The zero-order chi connectivity index (χ0) is 37.0. The van der Waals surface area contributed by atoms with Gasteiger partial charge in [-0.15, -0.1) is 0 Å². The van der Waals surface area contributed by atoms with E-state index in [0.717, 1.165) is 60.8 Å². The molecular weight excluding hydrogens is 683 g/mol. The van der Waals surface area contributed by atoms with E-state index < -0.39 is 0 Å². The van der Waals surface area contributed by atoms with Gasteiger partial charge in [-0.2, -0.15) is 9.97 Å². The molecule has 0 spiro atoms. The maximum atomic E-state index is 5.38. The topological polar surface area (TPSA) is 48.5 Å². The summed E-state index contributed by atoms with van der Waals surface area (Å²) in [6.07, 6.45) is 0. The van der Waals surface area contributed by atoms with E-state index in [1.54, 1.807) is 0 Å². The number of para-hydroxylation sites is 3. The summed E-state index contributed by atoms with van der Waals surface area (Å²) in [6, 6.07) is 70.2. The summed E-state index contributed by atoms with van der Waals surface area (Å²) in [5.41, 5.74) is 11.8. The monoisotopic (exact) mass is 715 g/mol. The zero-order valence-corrected chi connectivity index (χ0v) is 30.3. The molecule has 0 amide bonds. The average Bonchev–Trinajstić information content (AvgIpc) is 3.80. The van der Waals surface area contributed by atoms with Gasteiger partial charge in [0.05, 0.1) is 22.1 Å². The standard InChI is InChI=1S/C51H33N5/c1-4-17-34(18-5-1)39-25-10-11-26-40(39)36-21-16-22-37(33-36)50-52-49(35-19-6-2-7-20-35)53-51(54-50)56-46-30-15-13-28-42(46)44-32-31-43-41-27-12-14-29-45(41)55(47(43)48(44)56)38-23-8-3-9-24-38/h1-33H. The Bertz CT molecular complexity index is 3240. The molecule has 0 saturated heterocycles. The molecule has 11 aromatic rings. The SMILES string of the molecule is c1ccc(-c2nc(-c3cccc(-c4ccccc4-c4ccccc4)c3)nc(-n3c4ccccc4c4ccc5c6ccccc6n(-c6ccccc6)c5c43)n2)cc1. The fourth-order valence-electron chi connectivity index (χ4n) is 8.29. The number of fused-ring (bicyclic) bond motifs is 7. The molecule has 5 nitrogen and oxygen atoms in total. The van der Waals surface area contributed by atoms with Crippen LogP contribution in [0.3, 0.4) is 0 Å². The molecule has 0 bridgehead atoms. The molecule has 0 aliphatic carbocycles. The maximum absolute atomic E-state index is 5.38. The van der Waals surface area contributed by atoms with E-state index in [9.17, 15) is 0 Å². The van der Waals surface area contributed by atoms with Crippen molar-refractivity contribution in [3.8, 4) is 56.7 Å². The molecule has 0 radical (unpaired) electrons. The first-order chi connectivity index (χ1) is 27.8. The lowest BCUT2D eigenvalue weighted by Crippen LogP contribution is -2.07. The van der Waals surface area contributed by atoms with Crippen molar-refractivity contribution in [2.45, 2.75) is 0 Å². The Morgan fingerprint density at radius 1 is 0.304 bits per heavy atom. The summed E-state index contributed by atoms with van der Waals surface area (Å²) in [4.78, 5) is 15.9. The Morgan fingerprint density at radius 3 is 1.43 bits per heavy atom. The van der Waals surface area contributed by atoms with Crippen molar-refractivity contribution in [1.29, 1.82) is 0 Å². The first-order valence-corrected chi connectivity index (χ1v) is 18.9. The Labute approximate surface area is 323 Å². The molecule has 11 rings (SSSR count). The molecular formula is C51H33N5. The molecule has 5 heteroatoms. The highest BCUT2D eigenvalue weighted by Gasteiger charge is 2.23. The van der Waals surface area contributed by atoms with Crippen LogP contribution in [0.25, 0.3) is 100 Å². The van der Waals surface area contributed by atoms with Crippen LogP contribution in [0.2, 0.25) is 0 Å². The van der Waals surface area contributed by atoms with Crippen molar-refractivity contribution in [1.82, 2.24) is 24.1 Å². The summed E-state index contributed by atoms with van der Waals surface area (Å²) in [5, 5.41) is 4.63. The first-order valence-electron chi connectivity index (χ1n) is 18.9. The molecule has 0 unspecified atom stereocenters. The van der Waals surface area contributed by atoms with Crippen molar-refractivity contribution in [3.63, 3.8) is 0 Å². The van der Waals surface area contributed by atoms with Gasteiger partial charge in [0.2, 0.25) is 5.95 Å². The highest BCUT2D eigenvalue weighted by atomic mass is 15.2. The Morgan fingerprint density at radius 2 is 0.768 bits per heavy atom. The van der Waals surface area contributed by atoms with Crippen LogP contribution in [0.4, 0.5) is 0 Å². The second kappa shape index (κ2) is 13.0. The molecule has 3 heterocycles.